The van der Waals surface area contributed by atoms with Gasteiger partial charge in [-0.25, -0.2) is 0 Å². The molecule has 3 nitrogen and oxygen atoms in total. The highest BCUT2D eigenvalue weighted by molar-refractivity contribution is 4.69. The molecule has 1 atom stereocenters. The number of nitrogens with one attached hydrogen (secondary N) is 1. The SMILES string of the molecule is CCCNCC(O)CN(CC(C)C)CC(C)C. The van der Waals surface area contributed by atoms with Crippen LogP contribution in [0.4, 0.5) is 0 Å². The molecule has 0 saturated carbocycles. The van der Waals surface area contributed by atoms with Crippen LogP contribution in [-0.4, -0.2) is 48.8 Å². The lowest BCUT2D eigenvalue weighted by atomic mass is 10.1. The first-order chi connectivity index (χ1) is 7.95. The second kappa shape index (κ2) is 9.86. The maximum absolute atomic E-state index is 9.97. The third-order valence-electron chi connectivity index (χ3n) is 2.52. The van der Waals surface area contributed by atoms with Gasteiger partial charge in [0.15, 0.2) is 0 Å². The van der Waals surface area contributed by atoms with Crippen molar-refractivity contribution in [2.45, 2.75) is 47.1 Å². The Morgan fingerprint density at radius 3 is 1.94 bits per heavy atom. The molecule has 104 valence electrons. The molecular formula is C14H32N2O. The van der Waals surface area contributed by atoms with Gasteiger partial charge < -0.3 is 15.3 Å². The minimum atomic E-state index is -0.251. The molecule has 0 aromatic rings. The van der Waals surface area contributed by atoms with Crippen molar-refractivity contribution in [1.82, 2.24) is 10.2 Å². The Balaban J connectivity index is 3.94. The lowest BCUT2D eigenvalue weighted by Crippen LogP contribution is -2.41. The molecule has 1 unspecified atom stereocenters. The molecule has 0 rings (SSSR count). The summed E-state index contributed by atoms with van der Waals surface area (Å²) in [6.45, 7) is 15.7. The van der Waals surface area contributed by atoms with Crippen molar-refractivity contribution in [2.75, 3.05) is 32.7 Å². The monoisotopic (exact) mass is 244 g/mol. The molecule has 0 heterocycles. The second-order valence-corrected chi connectivity index (χ2v) is 5.86. The number of hydrogen-bond donors (Lipinski definition) is 2. The zero-order valence-electron chi connectivity index (χ0n) is 12.4. The summed E-state index contributed by atoms with van der Waals surface area (Å²) in [6.07, 6.45) is 0.869. The van der Waals surface area contributed by atoms with Crippen molar-refractivity contribution in [3.05, 3.63) is 0 Å². The molecular weight excluding hydrogens is 212 g/mol. The van der Waals surface area contributed by atoms with Gasteiger partial charge in [0.05, 0.1) is 6.10 Å². The second-order valence-electron chi connectivity index (χ2n) is 5.86. The number of nitrogens with zero attached hydrogens (tertiary/aromatic N) is 1. The lowest BCUT2D eigenvalue weighted by molar-refractivity contribution is 0.0978. The predicted octanol–water partition coefficient (Wildman–Crippen LogP) is 1.96. The molecule has 0 aliphatic heterocycles. The Bertz CT molecular complexity index is 162. The van der Waals surface area contributed by atoms with E-state index in [0.717, 1.165) is 32.6 Å². The Hall–Kier alpha value is -0.120. The number of hydrogen-bond acceptors (Lipinski definition) is 3. The Morgan fingerprint density at radius 2 is 1.53 bits per heavy atom. The third kappa shape index (κ3) is 10.7. The number of aliphatic hydroxyl groups is 1. The van der Waals surface area contributed by atoms with E-state index in [1.54, 1.807) is 0 Å². The third-order valence-corrected chi connectivity index (χ3v) is 2.52. The Morgan fingerprint density at radius 1 is 1.00 bits per heavy atom. The molecule has 0 fully saturated rings. The van der Waals surface area contributed by atoms with Crippen LogP contribution in [-0.2, 0) is 0 Å². The summed E-state index contributed by atoms with van der Waals surface area (Å²) in [5.41, 5.74) is 0. The molecule has 0 aromatic heterocycles. The van der Waals surface area contributed by atoms with Gasteiger partial charge in [-0.15, -0.1) is 0 Å². The van der Waals surface area contributed by atoms with Crippen molar-refractivity contribution in [1.29, 1.82) is 0 Å². The number of aliphatic hydroxyl groups excluding tert-OH is 1. The predicted molar refractivity (Wildman–Crippen MR) is 75.3 cm³/mol. The molecule has 0 aliphatic rings. The standard InChI is InChI=1S/C14H32N2O/c1-6-7-15-8-14(17)11-16(9-12(2)3)10-13(4)5/h12-15,17H,6-11H2,1-5H3. The van der Waals surface area contributed by atoms with Crippen molar-refractivity contribution < 1.29 is 5.11 Å². The summed E-state index contributed by atoms with van der Waals surface area (Å²) < 4.78 is 0. The van der Waals surface area contributed by atoms with Crippen LogP contribution >= 0.6 is 0 Å². The van der Waals surface area contributed by atoms with Crippen molar-refractivity contribution >= 4 is 0 Å². The Kier molecular flexibility index (Phi) is 9.79. The van der Waals surface area contributed by atoms with Crippen LogP contribution in [0.5, 0.6) is 0 Å². The smallest absolute Gasteiger partial charge is 0.0791 e. The molecule has 0 radical (unpaired) electrons. The highest BCUT2D eigenvalue weighted by Gasteiger charge is 2.13. The quantitative estimate of drug-likeness (QED) is 0.577. The highest BCUT2D eigenvalue weighted by atomic mass is 16.3. The highest BCUT2D eigenvalue weighted by Crippen LogP contribution is 2.04. The summed E-state index contributed by atoms with van der Waals surface area (Å²) in [6, 6.07) is 0. The van der Waals surface area contributed by atoms with E-state index in [1.807, 2.05) is 0 Å². The van der Waals surface area contributed by atoms with Gasteiger partial charge in [-0.05, 0) is 24.8 Å². The topological polar surface area (TPSA) is 35.5 Å². The van der Waals surface area contributed by atoms with Crippen molar-refractivity contribution in [2.24, 2.45) is 11.8 Å². The van der Waals surface area contributed by atoms with Crippen LogP contribution in [0, 0.1) is 11.8 Å². The fraction of sp³-hybridized carbons (Fsp3) is 1.00. The summed E-state index contributed by atoms with van der Waals surface area (Å²) in [5.74, 6) is 1.31. The average Bonchev–Trinajstić information content (AvgIpc) is 2.15. The molecule has 0 spiro atoms. The first kappa shape index (κ1) is 16.9. The van der Waals surface area contributed by atoms with E-state index in [1.165, 1.54) is 0 Å². The zero-order chi connectivity index (χ0) is 13.3. The van der Waals surface area contributed by atoms with Crippen LogP contribution in [0.3, 0.4) is 0 Å². The average molecular weight is 244 g/mol. The molecule has 0 bridgehead atoms. The van der Waals surface area contributed by atoms with E-state index in [0.29, 0.717) is 18.4 Å². The van der Waals surface area contributed by atoms with E-state index in [2.05, 4.69) is 44.8 Å². The van der Waals surface area contributed by atoms with E-state index in [-0.39, 0.29) is 6.10 Å². The van der Waals surface area contributed by atoms with Crippen LogP contribution in [0.1, 0.15) is 41.0 Å². The maximum Gasteiger partial charge on any atom is 0.0791 e. The number of rotatable bonds is 10. The van der Waals surface area contributed by atoms with Gasteiger partial charge in [-0.1, -0.05) is 34.6 Å². The van der Waals surface area contributed by atoms with Gasteiger partial charge in [-0.3, -0.25) is 0 Å². The van der Waals surface area contributed by atoms with E-state index in [9.17, 15) is 5.11 Å². The summed E-state index contributed by atoms with van der Waals surface area (Å²) in [7, 11) is 0. The van der Waals surface area contributed by atoms with E-state index < -0.39 is 0 Å². The lowest BCUT2D eigenvalue weighted by Gasteiger charge is -2.28. The van der Waals surface area contributed by atoms with Crippen molar-refractivity contribution in [3.63, 3.8) is 0 Å². The molecule has 0 aromatic carbocycles. The van der Waals surface area contributed by atoms with Crippen LogP contribution in [0.15, 0.2) is 0 Å². The van der Waals surface area contributed by atoms with Crippen LogP contribution in [0.2, 0.25) is 0 Å². The molecule has 17 heavy (non-hydrogen) atoms. The van der Waals surface area contributed by atoms with Crippen LogP contribution in [0.25, 0.3) is 0 Å². The molecule has 3 heteroatoms. The summed E-state index contributed by atoms with van der Waals surface area (Å²) >= 11 is 0. The first-order valence-electron chi connectivity index (χ1n) is 7.06. The van der Waals surface area contributed by atoms with E-state index >= 15 is 0 Å². The van der Waals surface area contributed by atoms with Gasteiger partial charge in [-0.2, -0.15) is 0 Å². The molecule has 0 aliphatic carbocycles. The van der Waals surface area contributed by atoms with Gasteiger partial charge >= 0.3 is 0 Å². The van der Waals surface area contributed by atoms with Crippen LogP contribution < -0.4 is 5.32 Å². The zero-order valence-corrected chi connectivity index (χ0v) is 12.4. The molecule has 2 N–H and O–H groups in total. The normalized spacial score (nSPS) is 13.9. The minimum Gasteiger partial charge on any atom is -0.390 e. The van der Waals surface area contributed by atoms with Gasteiger partial charge in [0.25, 0.3) is 0 Å². The van der Waals surface area contributed by atoms with Crippen molar-refractivity contribution in [3.8, 4) is 0 Å². The fourth-order valence-electron chi connectivity index (χ4n) is 2.06. The molecule has 0 saturated heterocycles. The minimum absolute atomic E-state index is 0.251. The maximum atomic E-state index is 9.97. The fourth-order valence-corrected chi connectivity index (χ4v) is 2.06. The molecule has 0 amide bonds. The summed E-state index contributed by atoms with van der Waals surface area (Å²) in [5, 5.41) is 13.2. The van der Waals surface area contributed by atoms with Gasteiger partial charge in [0, 0.05) is 26.2 Å². The Labute approximate surface area is 108 Å². The first-order valence-corrected chi connectivity index (χ1v) is 7.06. The van der Waals surface area contributed by atoms with Gasteiger partial charge in [0.1, 0.15) is 0 Å². The largest absolute Gasteiger partial charge is 0.390 e. The van der Waals surface area contributed by atoms with Gasteiger partial charge in [0.2, 0.25) is 0 Å². The summed E-state index contributed by atoms with van der Waals surface area (Å²) in [4.78, 5) is 2.38. The van der Waals surface area contributed by atoms with E-state index in [4.69, 9.17) is 0 Å².